The average molecular weight is 422 g/mol. The van der Waals surface area contributed by atoms with Gasteiger partial charge in [0, 0.05) is 0 Å². The van der Waals surface area contributed by atoms with Crippen molar-refractivity contribution in [1.82, 2.24) is 0 Å². The van der Waals surface area contributed by atoms with Crippen molar-refractivity contribution < 1.29 is 37.8 Å². The fraction of sp³-hybridized carbons (Fsp3) is 0. The number of hydrogen-bond acceptors (Lipinski definition) is 4. The Kier molecular flexibility index (Phi) is 5.72. The number of phosphoric acid groups is 2. The number of rotatable bonds is 6. The second kappa shape index (κ2) is 7.89. The van der Waals surface area contributed by atoms with E-state index in [1.165, 1.54) is 24.3 Å². The van der Waals surface area contributed by atoms with Crippen LogP contribution in [0.15, 0.2) is 72.8 Å². The van der Waals surface area contributed by atoms with Crippen LogP contribution in [0.5, 0.6) is 11.5 Å². The third kappa shape index (κ3) is 5.78. The van der Waals surface area contributed by atoms with Crippen LogP contribution < -0.4 is 9.05 Å². The van der Waals surface area contributed by atoms with Crippen molar-refractivity contribution in [2.45, 2.75) is 0 Å². The van der Waals surface area contributed by atoms with Gasteiger partial charge in [0.15, 0.2) is 0 Å². The van der Waals surface area contributed by atoms with Crippen LogP contribution in [-0.2, 0) is 9.13 Å². The van der Waals surface area contributed by atoms with Crippen LogP contribution in [0.1, 0.15) is 0 Å². The molecule has 8 nitrogen and oxygen atoms in total. The van der Waals surface area contributed by atoms with Gasteiger partial charge in [0.25, 0.3) is 0 Å². The van der Waals surface area contributed by atoms with Crippen molar-refractivity contribution >= 4 is 15.6 Å². The third-order valence-corrected chi connectivity index (χ3v) is 4.61. The molecule has 0 bridgehead atoms. The molecule has 3 aromatic carbocycles. The highest BCUT2D eigenvalue weighted by molar-refractivity contribution is 7.47. The molecule has 0 spiro atoms. The lowest BCUT2D eigenvalue weighted by Gasteiger charge is -2.09. The van der Waals surface area contributed by atoms with Gasteiger partial charge in [-0.2, -0.15) is 0 Å². The van der Waals surface area contributed by atoms with Gasteiger partial charge in [-0.15, -0.1) is 0 Å². The molecule has 0 fully saturated rings. The van der Waals surface area contributed by atoms with Crippen LogP contribution in [0, 0.1) is 0 Å². The smallest absolute Gasteiger partial charge is 0.404 e. The summed E-state index contributed by atoms with van der Waals surface area (Å²) in [7, 11) is -9.17. The van der Waals surface area contributed by atoms with Gasteiger partial charge in [-0.05, 0) is 46.5 Å². The van der Waals surface area contributed by atoms with E-state index in [1.807, 2.05) is 24.3 Å². The van der Waals surface area contributed by atoms with E-state index in [0.717, 1.165) is 22.3 Å². The molecule has 0 aromatic heterocycles. The van der Waals surface area contributed by atoms with Crippen LogP contribution in [0.25, 0.3) is 22.3 Å². The van der Waals surface area contributed by atoms with Crippen molar-refractivity contribution in [2.24, 2.45) is 0 Å². The Morgan fingerprint density at radius 1 is 0.464 bits per heavy atom. The Hall–Kier alpha value is -2.44. The Morgan fingerprint density at radius 3 is 0.893 bits per heavy atom. The first kappa shape index (κ1) is 20.3. The molecule has 28 heavy (non-hydrogen) atoms. The monoisotopic (exact) mass is 422 g/mol. The van der Waals surface area contributed by atoms with Gasteiger partial charge in [-0.3, -0.25) is 19.6 Å². The molecule has 0 aliphatic rings. The molecule has 3 rings (SSSR count). The topological polar surface area (TPSA) is 134 Å². The first-order chi connectivity index (χ1) is 13.1. The predicted octanol–water partition coefficient (Wildman–Crippen LogP) is 3.96. The van der Waals surface area contributed by atoms with Crippen LogP contribution >= 0.6 is 15.6 Å². The Balaban J connectivity index is 1.74. The fourth-order valence-corrected chi connectivity index (χ4v) is 3.34. The molecule has 0 aliphatic heterocycles. The lowest BCUT2D eigenvalue weighted by molar-refractivity contribution is 0.281. The minimum Gasteiger partial charge on any atom is -0.404 e. The van der Waals surface area contributed by atoms with Crippen LogP contribution in [0.3, 0.4) is 0 Å². The summed E-state index contributed by atoms with van der Waals surface area (Å²) in [6.45, 7) is 0. The molecule has 0 saturated carbocycles. The molecule has 10 heteroatoms. The van der Waals surface area contributed by atoms with Crippen molar-refractivity contribution in [3.05, 3.63) is 72.8 Å². The molecule has 0 heterocycles. The lowest BCUT2D eigenvalue weighted by Crippen LogP contribution is -1.90. The number of phosphoric ester groups is 2. The second-order valence-electron chi connectivity index (χ2n) is 5.79. The molecule has 0 radical (unpaired) electrons. The van der Waals surface area contributed by atoms with E-state index in [0.29, 0.717) is 0 Å². The zero-order chi connectivity index (χ0) is 20.4. The zero-order valence-electron chi connectivity index (χ0n) is 14.2. The molecule has 4 N–H and O–H groups in total. The van der Waals surface area contributed by atoms with Gasteiger partial charge in [0.05, 0.1) is 0 Å². The maximum atomic E-state index is 10.8. The molecule has 0 unspecified atom stereocenters. The minimum absolute atomic E-state index is 0.0753. The fourth-order valence-electron chi connectivity index (χ4n) is 2.55. The minimum atomic E-state index is -4.58. The van der Waals surface area contributed by atoms with E-state index in [9.17, 15) is 9.13 Å². The normalized spacial score (nSPS) is 11.9. The van der Waals surface area contributed by atoms with Crippen molar-refractivity contribution in [2.75, 3.05) is 0 Å². The van der Waals surface area contributed by atoms with Gasteiger partial charge in [-0.1, -0.05) is 48.5 Å². The first-order valence-electron chi connectivity index (χ1n) is 7.90. The molecule has 0 atom stereocenters. The van der Waals surface area contributed by atoms with Gasteiger partial charge < -0.3 is 9.05 Å². The lowest BCUT2D eigenvalue weighted by atomic mass is 10.0. The van der Waals surface area contributed by atoms with E-state index in [-0.39, 0.29) is 11.5 Å². The molecule has 0 amide bonds. The maximum Gasteiger partial charge on any atom is 0.524 e. The number of hydrogen-bond donors (Lipinski definition) is 4. The van der Waals surface area contributed by atoms with E-state index in [1.54, 1.807) is 24.3 Å². The molecule has 0 saturated heterocycles. The Morgan fingerprint density at radius 2 is 0.679 bits per heavy atom. The summed E-state index contributed by atoms with van der Waals surface area (Å²) in [5, 5.41) is 0. The largest absolute Gasteiger partial charge is 0.524 e. The van der Waals surface area contributed by atoms with Crippen LogP contribution in [0.2, 0.25) is 0 Å². The van der Waals surface area contributed by atoms with E-state index >= 15 is 0 Å². The van der Waals surface area contributed by atoms with Gasteiger partial charge in [0.1, 0.15) is 11.5 Å². The zero-order valence-corrected chi connectivity index (χ0v) is 16.0. The van der Waals surface area contributed by atoms with E-state index < -0.39 is 15.6 Å². The van der Waals surface area contributed by atoms with Gasteiger partial charge in [0.2, 0.25) is 0 Å². The second-order valence-corrected chi connectivity index (χ2v) is 8.12. The van der Waals surface area contributed by atoms with Gasteiger partial charge in [-0.25, -0.2) is 9.13 Å². The molecular formula is C18H16O8P2. The molecule has 3 aromatic rings. The van der Waals surface area contributed by atoms with E-state index in [2.05, 4.69) is 9.05 Å². The molecule has 0 aliphatic carbocycles. The Labute approximate surface area is 160 Å². The van der Waals surface area contributed by atoms with Crippen LogP contribution in [0.4, 0.5) is 0 Å². The predicted molar refractivity (Wildman–Crippen MR) is 103 cm³/mol. The standard InChI is InChI=1S/C18H16O8P2/c19-27(20,21)25-17-9-5-15(6-10-17)13-1-2-14(4-3-13)16-7-11-18(12-8-16)26-28(22,23)24/h1-12H,(H2,19,20,21)(H2,22,23,24). The van der Waals surface area contributed by atoms with Crippen molar-refractivity contribution in [3.8, 4) is 33.8 Å². The first-order valence-corrected chi connectivity index (χ1v) is 11.0. The summed E-state index contributed by atoms with van der Waals surface area (Å²) < 4.78 is 30.7. The summed E-state index contributed by atoms with van der Waals surface area (Å²) >= 11 is 0. The molecular weight excluding hydrogens is 406 g/mol. The average Bonchev–Trinajstić information content (AvgIpc) is 2.61. The SMILES string of the molecule is O=P(O)(O)Oc1ccc(-c2ccc(-c3ccc(OP(=O)(O)O)cc3)cc2)cc1. The summed E-state index contributed by atoms with van der Waals surface area (Å²) in [6.07, 6.45) is 0. The Bertz CT molecular complexity index is 948. The summed E-state index contributed by atoms with van der Waals surface area (Å²) in [5.74, 6) is 0.151. The van der Waals surface area contributed by atoms with Crippen LogP contribution in [-0.4, -0.2) is 19.6 Å². The van der Waals surface area contributed by atoms with E-state index in [4.69, 9.17) is 19.6 Å². The van der Waals surface area contributed by atoms with Crippen molar-refractivity contribution in [3.63, 3.8) is 0 Å². The summed E-state index contributed by atoms with van der Waals surface area (Å²) in [5.41, 5.74) is 3.48. The highest BCUT2D eigenvalue weighted by Crippen LogP contribution is 2.39. The number of benzene rings is 3. The summed E-state index contributed by atoms with van der Waals surface area (Å²) in [4.78, 5) is 35.2. The maximum absolute atomic E-state index is 10.8. The molecule has 146 valence electrons. The highest BCUT2D eigenvalue weighted by atomic mass is 31.2. The van der Waals surface area contributed by atoms with Crippen molar-refractivity contribution in [1.29, 1.82) is 0 Å². The third-order valence-electron chi connectivity index (χ3n) is 3.71. The highest BCUT2D eigenvalue weighted by Gasteiger charge is 2.16. The quantitative estimate of drug-likeness (QED) is 0.439. The van der Waals surface area contributed by atoms with Gasteiger partial charge >= 0.3 is 15.6 Å². The summed E-state index contributed by atoms with van der Waals surface area (Å²) in [6, 6.07) is 20.2.